The van der Waals surface area contributed by atoms with Gasteiger partial charge >= 0.3 is 0 Å². The molecule has 0 atom stereocenters. The smallest absolute Gasteiger partial charge is 0.191 e. The SMILES string of the molecule is CCn1c(SC2CCCCCC2)nnc1C12CC3CC(CC(C3)C1)C2. The maximum absolute atomic E-state index is 4.86. The molecule has 0 aromatic carbocycles. The van der Waals surface area contributed by atoms with E-state index in [0.29, 0.717) is 5.41 Å². The topological polar surface area (TPSA) is 30.7 Å². The molecule has 5 fully saturated rings. The fraction of sp³-hybridized carbons (Fsp3) is 0.905. The van der Waals surface area contributed by atoms with Crippen molar-refractivity contribution < 1.29 is 0 Å². The molecule has 6 rings (SSSR count). The van der Waals surface area contributed by atoms with Crippen molar-refractivity contribution in [1.82, 2.24) is 14.8 Å². The maximum atomic E-state index is 4.86. The van der Waals surface area contributed by atoms with Gasteiger partial charge in [0.2, 0.25) is 0 Å². The molecule has 4 bridgehead atoms. The van der Waals surface area contributed by atoms with Gasteiger partial charge in [0.05, 0.1) is 0 Å². The number of hydrogen-bond acceptors (Lipinski definition) is 3. The Hall–Kier alpha value is -0.510. The molecule has 1 heterocycles. The second kappa shape index (κ2) is 6.58. The van der Waals surface area contributed by atoms with Gasteiger partial charge in [-0.25, -0.2) is 0 Å². The largest absolute Gasteiger partial charge is 0.306 e. The van der Waals surface area contributed by atoms with Crippen molar-refractivity contribution in [2.45, 2.75) is 106 Å². The van der Waals surface area contributed by atoms with Crippen molar-refractivity contribution >= 4 is 11.8 Å². The summed E-state index contributed by atoms with van der Waals surface area (Å²) in [6, 6.07) is 0. The number of nitrogens with zero attached hydrogens (tertiary/aromatic N) is 3. The Balaban J connectivity index is 1.42. The van der Waals surface area contributed by atoms with E-state index in [4.69, 9.17) is 10.2 Å². The van der Waals surface area contributed by atoms with Crippen LogP contribution in [0.15, 0.2) is 5.16 Å². The second-order valence-corrected chi connectivity index (χ2v) is 10.7. The maximum Gasteiger partial charge on any atom is 0.191 e. The third kappa shape index (κ3) is 2.96. The van der Waals surface area contributed by atoms with Crippen LogP contribution in [0.25, 0.3) is 0 Å². The number of hydrogen-bond donors (Lipinski definition) is 0. The predicted molar refractivity (Wildman–Crippen MR) is 103 cm³/mol. The minimum atomic E-state index is 0.375. The summed E-state index contributed by atoms with van der Waals surface area (Å²) in [6.45, 7) is 3.34. The Morgan fingerprint density at radius 2 is 1.52 bits per heavy atom. The van der Waals surface area contributed by atoms with Crippen LogP contribution in [0.4, 0.5) is 0 Å². The Kier molecular flexibility index (Phi) is 4.38. The van der Waals surface area contributed by atoms with Gasteiger partial charge in [0.1, 0.15) is 5.82 Å². The lowest BCUT2D eigenvalue weighted by molar-refractivity contribution is -0.0113. The molecule has 0 unspecified atom stereocenters. The summed E-state index contributed by atoms with van der Waals surface area (Å²) in [6.07, 6.45) is 17.1. The first-order chi connectivity index (χ1) is 12.3. The zero-order valence-electron chi connectivity index (χ0n) is 15.8. The third-order valence-corrected chi connectivity index (χ3v) is 8.94. The van der Waals surface area contributed by atoms with Gasteiger partial charge < -0.3 is 4.57 Å². The quantitative estimate of drug-likeness (QED) is 0.657. The zero-order chi connectivity index (χ0) is 16.9. The van der Waals surface area contributed by atoms with Crippen LogP contribution in [0.5, 0.6) is 0 Å². The second-order valence-electron chi connectivity index (χ2n) is 9.48. The van der Waals surface area contributed by atoms with Crippen LogP contribution in [0.3, 0.4) is 0 Å². The van der Waals surface area contributed by atoms with Gasteiger partial charge in [0.25, 0.3) is 0 Å². The van der Waals surface area contributed by atoms with Gasteiger partial charge in [-0.3, -0.25) is 0 Å². The molecule has 3 nitrogen and oxygen atoms in total. The molecule has 1 aromatic rings. The summed E-state index contributed by atoms with van der Waals surface area (Å²) in [7, 11) is 0. The molecule has 0 radical (unpaired) electrons. The summed E-state index contributed by atoms with van der Waals surface area (Å²) < 4.78 is 2.52. The van der Waals surface area contributed by atoms with Crippen molar-refractivity contribution in [1.29, 1.82) is 0 Å². The van der Waals surface area contributed by atoms with E-state index in [9.17, 15) is 0 Å². The van der Waals surface area contributed by atoms with Crippen LogP contribution >= 0.6 is 11.8 Å². The summed E-state index contributed by atoms with van der Waals surface area (Å²) in [5.74, 6) is 4.30. The molecule has 0 aliphatic heterocycles. The van der Waals surface area contributed by atoms with Gasteiger partial charge in [-0.2, -0.15) is 0 Å². The number of thioether (sulfide) groups is 1. The van der Waals surface area contributed by atoms with Crippen LogP contribution in [0, 0.1) is 17.8 Å². The van der Waals surface area contributed by atoms with E-state index in [-0.39, 0.29) is 0 Å². The molecule has 1 aromatic heterocycles. The minimum Gasteiger partial charge on any atom is -0.306 e. The first-order valence-corrected chi connectivity index (χ1v) is 11.7. The fourth-order valence-corrected chi connectivity index (χ4v) is 8.24. The lowest BCUT2D eigenvalue weighted by Gasteiger charge is -2.56. The zero-order valence-corrected chi connectivity index (χ0v) is 16.6. The molecule has 5 aliphatic carbocycles. The molecule has 0 amide bonds. The number of aromatic nitrogens is 3. The summed E-state index contributed by atoms with van der Waals surface area (Å²) in [4.78, 5) is 0. The van der Waals surface area contributed by atoms with Crippen LogP contribution in [0.2, 0.25) is 0 Å². The Bertz CT molecular complexity index is 579. The van der Waals surface area contributed by atoms with Gasteiger partial charge in [-0.05, 0) is 76.0 Å². The van der Waals surface area contributed by atoms with Crippen molar-refractivity contribution in [2.75, 3.05) is 0 Å². The molecule has 138 valence electrons. The van der Waals surface area contributed by atoms with Crippen molar-refractivity contribution in [3.05, 3.63) is 5.82 Å². The summed E-state index contributed by atoms with van der Waals surface area (Å²) in [5.41, 5.74) is 0.375. The fourth-order valence-electron chi connectivity index (χ4n) is 6.95. The predicted octanol–water partition coefficient (Wildman–Crippen LogP) is 5.58. The molecule has 4 heteroatoms. The Morgan fingerprint density at radius 3 is 2.08 bits per heavy atom. The van der Waals surface area contributed by atoms with Crippen molar-refractivity contribution in [3.63, 3.8) is 0 Å². The molecule has 25 heavy (non-hydrogen) atoms. The van der Waals surface area contributed by atoms with Crippen molar-refractivity contribution in [3.8, 4) is 0 Å². The van der Waals surface area contributed by atoms with Gasteiger partial charge in [0, 0.05) is 17.2 Å². The molecular weight excluding hydrogens is 326 g/mol. The molecule has 5 saturated carbocycles. The van der Waals surface area contributed by atoms with Crippen LogP contribution < -0.4 is 0 Å². The number of rotatable bonds is 4. The van der Waals surface area contributed by atoms with E-state index in [0.717, 1.165) is 29.5 Å². The van der Waals surface area contributed by atoms with E-state index >= 15 is 0 Å². The normalized spacial score (nSPS) is 38.2. The van der Waals surface area contributed by atoms with Gasteiger partial charge in [0.15, 0.2) is 5.16 Å². The third-order valence-electron chi connectivity index (χ3n) is 7.62. The standard InChI is InChI=1S/C21H33N3S/c1-2-24-19(21-12-15-9-16(13-21)11-17(10-15)14-21)22-23-20(24)25-18-7-5-3-4-6-8-18/h15-18H,2-14H2,1H3. The highest BCUT2D eigenvalue weighted by atomic mass is 32.2. The minimum absolute atomic E-state index is 0.375. The highest BCUT2D eigenvalue weighted by Crippen LogP contribution is 2.60. The molecule has 0 spiro atoms. The monoisotopic (exact) mass is 359 g/mol. The van der Waals surface area contributed by atoms with E-state index in [2.05, 4.69) is 11.5 Å². The van der Waals surface area contributed by atoms with E-state index < -0.39 is 0 Å². The summed E-state index contributed by atoms with van der Waals surface area (Å²) in [5, 5.41) is 11.6. The summed E-state index contributed by atoms with van der Waals surface area (Å²) >= 11 is 2.04. The Morgan fingerprint density at radius 1 is 0.920 bits per heavy atom. The average Bonchev–Trinajstić information content (AvgIpc) is 2.81. The molecule has 0 N–H and O–H groups in total. The first kappa shape index (κ1) is 16.6. The van der Waals surface area contributed by atoms with Crippen LogP contribution in [0.1, 0.15) is 89.8 Å². The average molecular weight is 360 g/mol. The van der Waals surface area contributed by atoms with Gasteiger partial charge in [-0.1, -0.05) is 37.4 Å². The van der Waals surface area contributed by atoms with Crippen LogP contribution in [-0.4, -0.2) is 20.0 Å². The van der Waals surface area contributed by atoms with E-state index in [1.807, 2.05) is 11.8 Å². The lowest BCUT2D eigenvalue weighted by atomic mass is 9.49. The highest BCUT2D eigenvalue weighted by Gasteiger charge is 2.53. The molecule has 0 saturated heterocycles. The molecular formula is C21H33N3S. The Labute approximate surface area is 156 Å². The highest BCUT2D eigenvalue weighted by molar-refractivity contribution is 7.99. The van der Waals surface area contributed by atoms with Crippen LogP contribution in [-0.2, 0) is 12.0 Å². The molecule has 5 aliphatic rings. The van der Waals surface area contributed by atoms with Gasteiger partial charge in [-0.15, -0.1) is 10.2 Å². The first-order valence-electron chi connectivity index (χ1n) is 10.9. The van der Waals surface area contributed by atoms with E-state index in [1.165, 1.54) is 88.0 Å². The lowest BCUT2D eigenvalue weighted by Crippen LogP contribution is -2.49. The van der Waals surface area contributed by atoms with E-state index in [1.54, 1.807) is 0 Å². The van der Waals surface area contributed by atoms with Crippen molar-refractivity contribution in [2.24, 2.45) is 17.8 Å².